The quantitative estimate of drug-likeness (QED) is 0.593. The molecule has 3 aromatic carbocycles. The van der Waals surface area contributed by atoms with E-state index in [1.54, 1.807) is 6.07 Å². The van der Waals surface area contributed by atoms with Crippen molar-refractivity contribution in [2.24, 2.45) is 0 Å². The van der Waals surface area contributed by atoms with Gasteiger partial charge in [-0.3, -0.25) is 4.79 Å². The van der Waals surface area contributed by atoms with Gasteiger partial charge in [0.2, 0.25) is 0 Å². The first-order valence-corrected chi connectivity index (χ1v) is 8.15. The number of carbonyl (C=O) groups excluding carboxylic acids is 1. The van der Waals surface area contributed by atoms with Gasteiger partial charge in [0, 0.05) is 11.9 Å². The van der Waals surface area contributed by atoms with Gasteiger partial charge in [-0.1, -0.05) is 60.7 Å². The van der Waals surface area contributed by atoms with E-state index in [2.05, 4.69) is 5.32 Å². The van der Waals surface area contributed by atoms with Crippen molar-refractivity contribution in [3.63, 3.8) is 0 Å². The Morgan fingerprint density at radius 1 is 0.960 bits per heavy atom. The van der Waals surface area contributed by atoms with Gasteiger partial charge in [0.05, 0.1) is 6.10 Å². The summed E-state index contributed by atoms with van der Waals surface area (Å²) in [5.41, 5.74) is 1.46. The van der Waals surface area contributed by atoms with Crippen molar-refractivity contribution in [3.8, 4) is 0 Å². The molecule has 4 aromatic rings. The Balaban J connectivity index is 1.51. The normalized spacial score (nSPS) is 12.4. The molecule has 4 rings (SSSR count). The zero-order chi connectivity index (χ0) is 17.2. The summed E-state index contributed by atoms with van der Waals surface area (Å²) in [5.74, 6) is -0.0955. The van der Waals surface area contributed by atoms with Crippen LogP contribution in [0.25, 0.3) is 21.7 Å². The number of nitrogens with one attached hydrogen (secondary N) is 1. The molecule has 0 saturated carbocycles. The van der Waals surface area contributed by atoms with Gasteiger partial charge < -0.3 is 14.8 Å². The Bertz CT molecular complexity index is 1010. The molecule has 0 aliphatic rings. The maximum atomic E-state index is 12.3. The molecular formula is C21H17NO3. The van der Waals surface area contributed by atoms with Crippen molar-refractivity contribution in [1.82, 2.24) is 5.32 Å². The molecule has 1 unspecified atom stereocenters. The number of amides is 1. The lowest BCUT2D eigenvalue weighted by molar-refractivity contribution is 0.0892. The van der Waals surface area contributed by atoms with Gasteiger partial charge in [-0.15, -0.1) is 0 Å². The van der Waals surface area contributed by atoms with E-state index in [1.807, 2.05) is 66.7 Å². The third-order valence-corrected chi connectivity index (χ3v) is 4.29. The molecule has 25 heavy (non-hydrogen) atoms. The molecule has 124 valence electrons. The van der Waals surface area contributed by atoms with E-state index >= 15 is 0 Å². The lowest BCUT2D eigenvalue weighted by Gasteiger charge is -2.14. The number of furan rings is 1. The molecule has 4 nitrogen and oxygen atoms in total. The van der Waals surface area contributed by atoms with Crippen molar-refractivity contribution in [1.29, 1.82) is 0 Å². The van der Waals surface area contributed by atoms with Crippen molar-refractivity contribution >= 4 is 27.6 Å². The van der Waals surface area contributed by atoms with Crippen LogP contribution in [-0.4, -0.2) is 17.6 Å². The van der Waals surface area contributed by atoms with E-state index in [9.17, 15) is 9.90 Å². The molecule has 0 aliphatic carbocycles. The molecule has 1 amide bonds. The van der Waals surface area contributed by atoms with E-state index < -0.39 is 6.10 Å². The van der Waals surface area contributed by atoms with E-state index in [0.717, 1.165) is 21.7 Å². The fraction of sp³-hybridized carbons (Fsp3) is 0.0952. The largest absolute Gasteiger partial charge is 0.451 e. The SMILES string of the molecule is O=C(NCC(O)c1cccc2ccccc12)c1cc2ccccc2o1. The van der Waals surface area contributed by atoms with Crippen molar-refractivity contribution in [2.45, 2.75) is 6.10 Å². The standard InChI is InChI=1S/C21H17NO3/c23-18(17-10-5-8-14-6-1-3-9-16(14)17)13-22-21(24)20-12-15-7-2-4-11-19(15)25-20/h1-12,18,23H,13H2,(H,22,24). The number of carbonyl (C=O) groups is 1. The Labute approximate surface area is 144 Å². The van der Waals surface area contributed by atoms with Crippen LogP contribution in [0.5, 0.6) is 0 Å². The minimum atomic E-state index is -0.792. The number of rotatable bonds is 4. The smallest absolute Gasteiger partial charge is 0.287 e. The van der Waals surface area contributed by atoms with E-state index in [1.165, 1.54) is 0 Å². The summed E-state index contributed by atoms with van der Waals surface area (Å²) in [6.45, 7) is 0.115. The van der Waals surface area contributed by atoms with Crippen LogP contribution in [0.3, 0.4) is 0 Å². The van der Waals surface area contributed by atoms with E-state index in [-0.39, 0.29) is 18.2 Å². The first-order chi connectivity index (χ1) is 12.2. The first kappa shape index (κ1) is 15.4. The molecule has 1 heterocycles. The number of hydrogen-bond acceptors (Lipinski definition) is 3. The zero-order valence-corrected chi connectivity index (χ0v) is 13.5. The molecule has 0 spiro atoms. The van der Waals surface area contributed by atoms with Gasteiger partial charge in [-0.2, -0.15) is 0 Å². The van der Waals surface area contributed by atoms with Crippen LogP contribution in [0, 0.1) is 0 Å². The van der Waals surface area contributed by atoms with Crippen LogP contribution in [0.1, 0.15) is 22.2 Å². The molecule has 1 atom stereocenters. The summed E-state index contributed by atoms with van der Waals surface area (Å²) in [4.78, 5) is 12.3. The van der Waals surface area contributed by atoms with Gasteiger partial charge in [0.25, 0.3) is 5.91 Å². The van der Waals surface area contributed by atoms with Crippen LogP contribution >= 0.6 is 0 Å². The number of benzene rings is 3. The molecule has 2 N–H and O–H groups in total. The topological polar surface area (TPSA) is 62.5 Å². The van der Waals surface area contributed by atoms with Crippen molar-refractivity contribution in [2.75, 3.05) is 6.54 Å². The van der Waals surface area contributed by atoms with Crippen LogP contribution < -0.4 is 5.32 Å². The highest BCUT2D eigenvalue weighted by Crippen LogP contribution is 2.24. The summed E-state index contributed by atoms with van der Waals surface area (Å²) < 4.78 is 5.54. The Hall–Kier alpha value is -3.11. The number of hydrogen-bond donors (Lipinski definition) is 2. The molecule has 0 saturated heterocycles. The second-order valence-corrected chi connectivity index (χ2v) is 5.94. The number of para-hydroxylation sites is 1. The Morgan fingerprint density at radius 2 is 1.68 bits per heavy atom. The molecule has 0 aliphatic heterocycles. The van der Waals surface area contributed by atoms with Gasteiger partial charge >= 0.3 is 0 Å². The Kier molecular flexibility index (Phi) is 3.96. The second kappa shape index (κ2) is 6.42. The summed E-state index contributed by atoms with van der Waals surface area (Å²) in [6, 6.07) is 22.8. The summed E-state index contributed by atoms with van der Waals surface area (Å²) in [7, 11) is 0. The lowest BCUT2D eigenvalue weighted by atomic mass is 10.0. The van der Waals surface area contributed by atoms with Crippen molar-refractivity contribution < 1.29 is 14.3 Å². The van der Waals surface area contributed by atoms with E-state index in [4.69, 9.17) is 4.42 Å². The zero-order valence-electron chi connectivity index (χ0n) is 13.5. The van der Waals surface area contributed by atoms with Gasteiger partial charge in [0.15, 0.2) is 5.76 Å². The number of aliphatic hydroxyl groups excluding tert-OH is 1. The van der Waals surface area contributed by atoms with Crippen LogP contribution in [0.15, 0.2) is 77.2 Å². The van der Waals surface area contributed by atoms with Crippen molar-refractivity contribution in [3.05, 3.63) is 84.1 Å². The van der Waals surface area contributed by atoms with Crippen LogP contribution in [0.4, 0.5) is 0 Å². The monoisotopic (exact) mass is 331 g/mol. The lowest BCUT2D eigenvalue weighted by Crippen LogP contribution is -2.28. The number of aliphatic hydroxyl groups is 1. The number of fused-ring (bicyclic) bond motifs is 2. The molecule has 1 aromatic heterocycles. The third-order valence-electron chi connectivity index (χ3n) is 4.29. The summed E-state index contributed by atoms with van der Waals surface area (Å²) >= 11 is 0. The highest BCUT2D eigenvalue weighted by atomic mass is 16.3. The van der Waals surface area contributed by atoms with Gasteiger partial charge in [-0.05, 0) is 28.5 Å². The van der Waals surface area contributed by atoms with Crippen LogP contribution in [-0.2, 0) is 0 Å². The predicted octanol–water partition coefficient (Wildman–Crippen LogP) is 4.05. The molecule has 4 heteroatoms. The maximum absolute atomic E-state index is 12.3. The minimum absolute atomic E-state index is 0.115. The molecular weight excluding hydrogens is 314 g/mol. The van der Waals surface area contributed by atoms with E-state index in [0.29, 0.717) is 5.58 Å². The Morgan fingerprint density at radius 3 is 2.52 bits per heavy atom. The molecule has 0 fully saturated rings. The predicted molar refractivity (Wildman–Crippen MR) is 97.5 cm³/mol. The fourth-order valence-corrected chi connectivity index (χ4v) is 3.02. The molecule has 0 radical (unpaired) electrons. The summed E-state index contributed by atoms with van der Waals surface area (Å²) in [6.07, 6.45) is -0.792. The first-order valence-electron chi connectivity index (χ1n) is 8.15. The maximum Gasteiger partial charge on any atom is 0.287 e. The fourth-order valence-electron chi connectivity index (χ4n) is 3.02. The highest BCUT2D eigenvalue weighted by Gasteiger charge is 2.15. The molecule has 0 bridgehead atoms. The average molecular weight is 331 g/mol. The second-order valence-electron chi connectivity index (χ2n) is 5.94. The van der Waals surface area contributed by atoms with Gasteiger partial charge in [-0.25, -0.2) is 0 Å². The summed E-state index contributed by atoms with van der Waals surface area (Å²) in [5, 5.41) is 16.2. The third kappa shape index (κ3) is 2.99. The average Bonchev–Trinajstić information content (AvgIpc) is 3.09. The van der Waals surface area contributed by atoms with Gasteiger partial charge in [0.1, 0.15) is 5.58 Å². The minimum Gasteiger partial charge on any atom is -0.451 e. The van der Waals surface area contributed by atoms with Crippen LogP contribution in [0.2, 0.25) is 0 Å². The highest BCUT2D eigenvalue weighted by molar-refractivity contribution is 5.96.